The van der Waals surface area contributed by atoms with Crippen LogP contribution in [0.5, 0.6) is 0 Å². The smallest absolute Gasteiger partial charge is 0.650 e. The molecule has 0 saturated heterocycles. The second kappa shape index (κ2) is 28.7. The summed E-state index contributed by atoms with van der Waals surface area (Å²) in [5, 5.41) is 20.0. The summed E-state index contributed by atoms with van der Waals surface area (Å²) in [5.74, 6) is 3.85. The van der Waals surface area contributed by atoms with Gasteiger partial charge in [-0.2, -0.15) is 15.6 Å². The molecule has 0 spiro atoms. The maximum absolute atomic E-state index is 12.6. The number of allylic oxidation sites excluding steroid dienone is 6. The number of unbranched alkanes of at least 4 members (excludes halogenated alkanes) is 1. The van der Waals surface area contributed by atoms with E-state index in [1.54, 1.807) is 12.5 Å². The molecule has 3 aliphatic rings. The van der Waals surface area contributed by atoms with Crippen LogP contribution in [0.15, 0.2) is 53.6 Å². The van der Waals surface area contributed by atoms with Gasteiger partial charge in [0.25, 0.3) is 0 Å². The quantitative estimate of drug-likeness (QED) is 0.0619. The van der Waals surface area contributed by atoms with E-state index in [0.29, 0.717) is 31.2 Å². The molecule has 1 fully saturated rings. The van der Waals surface area contributed by atoms with E-state index < -0.39 is 19.3 Å². The number of amides is 1. The number of rotatable bonds is 21. The first kappa shape index (κ1) is 50.5. The first-order valence-electron chi connectivity index (χ1n) is 20.5. The van der Waals surface area contributed by atoms with Crippen molar-refractivity contribution in [2.24, 2.45) is 17.8 Å². The minimum Gasteiger partial charge on any atom is -0.650 e. The normalized spacial score (nSPS) is 18.8. The van der Waals surface area contributed by atoms with E-state index in [-0.39, 0.29) is 75.2 Å². The third-order valence-electron chi connectivity index (χ3n) is 10.7. The minimum atomic E-state index is -1.23. The summed E-state index contributed by atoms with van der Waals surface area (Å²) < 4.78 is 3.38. The van der Waals surface area contributed by atoms with Gasteiger partial charge in [0.05, 0.1) is 0 Å². The number of Topliss-reactive ketones (excluding diaryl/α,β-unsaturated/α-hetero) is 1. The molecule has 0 bridgehead atoms. The molecule has 2 unspecified atom stereocenters. The van der Waals surface area contributed by atoms with Gasteiger partial charge in [0.15, 0.2) is 5.62 Å². The molecule has 298 valence electrons. The Kier molecular flexibility index (Phi) is 26.4. The molecule has 1 aromatic carbocycles. The number of ketones is 1. The van der Waals surface area contributed by atoms with Crippen LogP contribution >= 0.6 is 10.1 Å². The van der Waals surface area contributed by atoms with Crippen LogP contribution in [0.2, 0.25) is 5.79 Å². The Bertz CT molecular complexity index is 1540. The molecule has 0 aromatic heterocycles. The van der Waals surface area contributed by atoms with E-state index in [9.17, 15) is 19.6 Å². The third-order valence-corrected chi connectivity index (χ3v) is 14.2. The number of hydrogen-bond acceptors (Lipinski definition) is 7. The molecule has 55 heavy (non-hydrogen) atoms. The fourth-order valence-electron chi connectivity index (χ4n) is 7.13. The van der Waals surface area contributed by atoms with Crippen molar-refractivity contribution in [3.05, 3.63) is 75.0 Å². The first-order valence-corrected chi connectivity index (χ1v) is 24.6. The second-order valence-corrected chi connectivity index (χ2v) is 21.1. The average molecular weight is 815 g/mol. The van der Waals surface area contributed by atoms with Crippen molar-refractivity contribution in [1.29, 1.82) is 0 Å². The van der Waals surface area contributed by atoms with E-state index in [1.165, 1.54) is 39.0 Å². The number of benzene rings is 1. The number of hydroxylamine groups is 1. The average Bonchev–Trinajstić information content (AvgIpc) is 3.41. The Morgan fingerprint density at radius 1 is 1.02 bits per heavy atom. The predicted molar refractivity (Wildman–Crippen MR) is 230 cm³/mol. The SMILES string of the molecule is CC(=O)C(Cc1ccc2c(c1)=CCCC=2)[N-]C1CCC(CNC(=O)C(CCCC[NH][Al]([CH3])[S]C=O)NO)CC1.CC(C)CCC1=CC=C(C(C)C)C=CC1.[K+]. The summed E-state index contributed by atoms with van der Waals surface area (Å²) in [6.45, 7) is 12.1. The van der Waals surface area contributed by atoms with Gasteiger partial charge in [-0.3, -0.25) is 9.59 Å². The van der Waals surface area contributed by atoms with Crippen LogP contribution in [0.1, 0.15) is 117 Å². The predicted octanol–water partition coefficient (Wildman–Crippen LogP) is 4.63. The monoisotopic (exact) mass is 814 g/mol. The molecule has 1 aromatic rings. The van der Waals surface area contributed by atoms with Crippen LogP contribution in [-0.2, 0) is 20.8 Å². The molecule has 1 saturated carbocycles. The fourth-order valence-corrected chi connectivity index (χ4v) is 9.15. The Morgan fingerprint density at radius 3 is 2.40 bits per heavy atom. The van der Waals surface area contributed by atoms with Gasteiger partial charge in [0.2, 0.25) is 5.91 Å². The summed E-state index contributed by atoms with van der Waals surface area (Å²) in [7, 11) is 1.34. The van der Waals surface area contributed by atoms with Crippen molar-refractivity contribution < 1.29 is 71.0 Å². The fraction of sp³-hybridized carbons (Fsp3) is 0.614. The Morgan fingerprint density at radius 2 is 1.75 bits per heavy atom. The van der Waals surface area contributed by atoms with Gasteiger partial charge < -0.3 is 24.9 Å². The van der Waals surface area contributed by atoms with E-state index >= 15 is 0 Å². The second-order valence-electron chi connectivity index (χ2n) is 16.0. The summed E-state index contributed by atoms with van der Waals surface area (Å²) in [5.41, 5.74) is 7.25. The number of nitrogens with zero attached hydrogens (tertiary/aromatic N) is 1. The van der Waals surface area contributed by atoms with Gasteiger partial charge in [-0.25, -0.2) is 0 Å². The molecule has 11 heteroatoms. The zero-order valence-electron chi connectivity index (χ0n) is 34.9. The van der Waals surface area contributed by atoms with E-state index in [4.69, 9.17) is 5.32 Å². The first-order chi connectivity index (χ1) is 26.0. The van der Waals surface area contributed by atoms with Crippen LogP contribution in [-0.4, -0.2) is 67.0 Å². The molecule has 1 amide bonds. The van der Waals surface area contributed by atoms with Crippen molar-refractivity contribution in [2.75, 3.05) is 13.1 Å². The summed E-state index contributed by atoms with van der Waals surface area (Å²) in [6, 6.07) is 5.74. The van der Waals surface area contributed by atoms with E-state index in [0.717, 1.165) is 81.4 Å². The zero-order valence-corrected chi connectivity index (χ0v) is 40.0. The number of hydrogen-bond donors (Lipinski definition) is 4. The van der Waals surface area contributed by atoms with Gasteiger partial charge in [0.1, 0.15) is 11.8 Å². The zero-order chi connectivity index (χ0) is 39.3. The molecule has 8 nitrogen and oxygen atoms in total. The Balaban J connectivity index is 0.000000548. The van der Waals surface area contributed by atoms with Crippen LogP contribution in [0.4, 0.5) is 0 Å². The summed E-state index contributed by atoms with van der Waals surface area (Å²) >= 11 is -1.23. The molecule has 0 heterocycles. The van der Waals surface area contributed by atoms with Gasteiger partial charge in [-0.15, -0.1) is 6.04 Å². The molecule has 0 radical (unpaired) electrons. The number of carbonyl (C=O) groups is 3. The molecule has 3 aliphatic carbocycles. The Labute approximate surface area is 382 Å². The van der Waals surface area contributed by atoms with E-state index in [2.05, 4.69) is 103 Å². The van der Waals surface area contributed by atoms with Crippen LogP contribution in [0, 0.1) is 17.8 Å². The van der Waals surface area contributed by atoms with Gasteiger partial charge in [-0.1, -0.05) is 132 Å². The van der Waals surface area contributed by atoms with Crippen molar-refractivity contribution in [3.63, 3.8) is 0 Å². The van der Waals surface area contributed by atoms with Crippen LogP contribution < -0.4 is 76.9 Å². The van der Waals surface area contributed by atoms with Crippen LogP contribution in [0.25, 0.3) is 17.5 Å². The number of nitrogens with one attached hydrogen (secondary N) is 3. The third kappa shape index (κ3) is 20.2. The molecule has 2 atom stereocenters. The number of carbonyl (C=O) groups excluding carboxylic acids is 3. The molecule has 0 aliphatic heterocycles. The van der Waals surface area contributed by atoms with Crippen LogP contribution in [0.3, 0.4) is 0 Å². The van der Waals surface area contributed by atoms with Crippen molar-refractivity contribution in [3.8, 4) is 0 Å². The molecule has 4 rings (SSSR count). The maximum Gasteiger partial charge on any atom is 1.00 e. The number of fused-ring (bicyclic) bond motifs is 1. The molecular formula is C44H68AlKN4O4S. The van der Waals surface area contributed by atoms with Crippen molar-refractivity contribution in [1.82, 2.24) is 15.1 Å². The van der Waals surface area contributed by atoms with Gasteiger partial charge in [0, 0.05) is 6.54 Å². The Hall–Kier alpha value is -0.651. The largest absolute Gasteiger partial charge is 1.00 e. The van der Waals surface area contributed by atoms with Gasteiger partial charge >= 0.3 is 64.6 Å². The van der Waals surface area contributed by atoms with Crippen molar-refractivity contribution in [2.45, 2.75) is 142 Å². The summed E-state index contributed by atoms with van der Waals surface area (Å²) in [6.07, 6.45) is 26.3. The van der Waals surface area contributed by atoms with Crippen molar-refractivity contribution >= 4 is 52.8 Å². The standard InChI is InChI=1S/C27H40N4O3.C15H24.CH2OS.CH3.Al.K/c1-19(32)26(17-21-9-12-22-6-2-3-7-23(22)16-21)30-24-13-10-20(11-14-24)18-29-27(33)25(31-34)8-4-5-15-28;1-12(2)8-9-14-6-5-7-15(11-10-14)13(3)4;2-1-3;;;/h6-7,9,12,16,20,24-26,28,31,34H,2-5,8,10-11,13-15,17-18H2,1H3,(H,29,33);5,7,10-13H,6,8-9H2,1-4H3;1H,(H,2,3);1H3;;/q-2;;;;+2;+1/p-1. The van der Waals surface area contributed by atoms with Gasteiger partial charge in [-0.05, 0) is 104 Å². The minimum absolute atomic E-state index is 0. The molecule has 4 N–H and O–H groups in total. The topological polar surface area (TPSA) is 122 Å². The molecular weight excluding hydrogens is 747 g/mol. The maximum atomic E-state index is 12.6. The summed E-state index contributed by atoms with van der Waals surface area (Å²) in [4.78, 5) is 35.5. The van der Waals surface area contributed by atoms with E-state index in [1.807, 2.05) is 0 Å².